The summed E-state index contributed by atoms with van der Waals surface area (Å²) in [6.07, 6.45) is 1.67. The number of rotatable bonds is 4. The molecule has 0 saturated heterocycles. The van der Waals surface area contributed by atoms with E-state index in [4.69, 9.17) is 5.11 Å². The molecule has 0 spiro atoms. The summed E-state index contributed by atoms with van der Waals surface area (Å²) in [6, 6.07) is -1.45. The second-order valence-corrected chi connectivity index (χ2v) is 5.84. The van der Waals surface area contributed by atoms with Gasteiger partial charge in [-0.15, -0.1) is 0 Å². The molecule has 0 radical (unpaired) electrons. The van der Waals surface area contributed by atoms with E-state index in [2.05, 4.69) is 15.7 Å². The lowest BCUT2D eigenvalue weighted by Gasteiger charge is -2.27. The number of hydrogen-bond acceptors (Lipinski definition) is 3. The molecular weight excluding hydrogens is 260 g/mol. The lowest BCUT2D eigenvalue weighted by molar-refractivity contribution is -0.141. The van der Waals surface area contributed by atoms with Gasteiger partial charge < -0.3 is 15.7 Å². The third-order valence-electron chi connectivity index (χ3n) is 3.16. The first-order valence-electron chi connectivity index (χ1n) is 6.37. The summed E-state index contributed by atoms with van der Waals surface area (Å²) in [5.74, 6) is -1.05. The van der Waals surface area contributed by atoms with Crippen LogP contribution in [0, 0.1) is 12.3 Å². The maximum atomic E-state index is 11.8. The number of amides is 2. The molecule has 1 unspecified atom stereocenters. The number of aryl methyl sites for hydroxylation is 1. The van der Waals surface area contributed by atoms with E-state index in [1.165, 1.54) is 0 Å². The van der Waals surface area contributed by atoms with Gasteiger partial charge in [0.05, 0.1) is 6.20 Å². The van der Waals surface area contributed by atoms with Crippen molar-refractivity contribution >= 4 is 12.0 Å². The van der Waals surface area contributed by atoms with E-state index in [0.29, 0.717) is 6.54 Å². The minimum absolute atomic E-state index is 0.308. The fourth-order valence-electron chi connectivity index (χ4n) is 1.72. The number of carbonyl (C=O) groups excluding carboxylic acids is 1. The molecule has 0 aliphatic rings. The second-order valence-electron chi connectivity index (χ2n) is 5.84. The first-order valence-corrected chi connectivity index (χ1v) is 6.37. The summed E-state index contributed by atoms with van der Waals surface area (Å²) < 4.78 is 1.71. The molecule has 7 nitrogen and oxygen atoms in total. The maximum absolute atomic E-state index is 11.8. The van der Waals surface area contributed by atoms with E-state index >= 15 is 0 Å². The molecule has 7 heteroatoms. The number of carboxylic acids is 1. The molecule has 0 aromatic carbocycles. The quantitative estimate of drug-likeness (QED) is 0.768. The predicted molar refractivity (Wildman–Crippen MR) is 74.2 cm³/mol. The zero-order chi connectivity index (χ0) is 15.5. The third-order valence-corrected chi connectivity index (χ3v) is 3.16. The number of hydrogen-bond donors (Lipinski definition) is 3. The van der Waals surface area contributed by atoms with Gasteiger partial charge in [0, 0.05) is 24.8 Å². The lowest BCUT2D eigenvalue weighted by Crippen LogP contribution is -2.52. The van der Waals surface area contributed by atoms with Crippen LogP contribution in [0.2, 0.25) is 0 Å². The van der Waals surface area contributed by atoms with Crippen LogP contribution in [0.25, 0.3) is 0 Å². The van der Waals surface area contributed by atoms with Crippen LogP contribution in [-0.4, -0.2) is 32.9 Å². The van der Waals surface area contributed by atoms with Crippen LogP contribution >= 0.6 is 0 Å². The molecule has 3 N–H and O–H groups in total. The van der Waals surface area contributed by atoms with Gasteiger partial charge in [-0.3, -0.25) is 4.68 Å². The summed E-state index contributed by atoms with van der Waals surface area (Å²) in [7, 11) is 1.82. The van der Waals surface area contributed by atoms with E-state index in [-0.39, 0.29) is 0 Å². The first-order chi connectivity index (χ1) is 9.12. The highest BCUT2D eigenvalue weighted by Crippen LogP contribution is 2.19. The fraction of sp³-hybridized carbons (Fsp3) is 0.615. The lowest BCUT2D eigenvalue weighted by atomic mass is 9.87. The van der Waals surface area contributed by atoms with Gasteiger partial charge in [-0.05, 0) is 12.3 Å². The zero-order valence-electron chi connectivity index (χ0n) is 12.5. The molecule has 0 saturated carbocycles. The standard InChI is InChI=1S/C13H22N4O3/c1-8-9(7-15-17(8)5)6-14-12(20)16-10(11(18)19)13(2,3)4/h7,10H,6H2,1-5H3,(H,18,19)(H2,14,16,20). The van der Waals surface area contributed by atoms with Crippen molar-refractivity contribution in [2.45, 2.75) is 40.3 Å². The summed E-state index contributed by atoms with van der Waals surface area (Å²) in [4.78, 5) is 22.9. The number of aliphatic carboxylic acids is 1. The van der Waals surface area contributed by atoms with Crippen molar-refractivity contribution in [2.24, 2.45) is 12.5 Å². The van der Waals surface area contributed by atoms with Crippen molar-refractivity contribution in [1.29, 1.82) is 0 Å². The normalized spacial score (nSPS) is 12.8. The Morgan fingerprint density at radius 3 is 2.45 bits per heavy atom. The van der Waals surface area contributed by atoms with Crippen LogP contribution in [0.3, 0.4) is 0 Å². The van der Waals surface area contributed by atoms with Crippen LogP contribution in [0.4, 0.5) is 4.79 Å². The van der Waals surface area contributed by atoms with E-state index in [9.17, 15) is 9.59 Å². The minimum Gasteiger partial charge on any atom is -0.480 e. The largest absolute Gasteiger partial charge is 0.480 e. The Labute approximate surface area is 118 Å². The number of aromatic nitrogens is 2. The highest BCUT2D eigenvalue weighted by Gasteiger charge is 2.32. The van der Waals surface area contributed by atoms with E-state index < -0.39 is 23.5 Å². The predicted octanol–water partition coefficient (Wildman–Crippen LogP) is 1.03. The number of carbonyl (C=O) groups is 2. The molecule has 20 heavy (non-hydrogen) atoms. The topological polar surface area (TPSA) is 96.2 Å². The molecule has 1 aromatic rings. The molecular formula is C13H22N4O3. The molecule has 112 valence electrons. The van der Waals surface area contributed by atoms with Gasteiger partial charge in [-0.1, -0.05) is 20.8 Å². The van der Waals surface area contributed by atoms with E-state index in [0.717, 1.165) is 11.3 Å². The Kier molecular flexibility index (Phi) is 4.75. The second kappa shape index (κ2) is 5.94. The fourth-order valence-corrected chi connectivity index (χ4v) is 1.72. The highest BCUT2D eigenvalue weighted by molar-refractivity contribution is 5.83. The molecule has 1 heterocycles. The third kappa shape index (κ3) is 3.97. The van der Waals surface area contributed by atoms with Crippen molar-refractivity contribution in [1.82, 2.24) is 20.4 Å². The number of nitrogens with one attached hydrogen (secondary N) is 2. The van der Waals surface area contributed by atoms with Crippen LogP contribution in [0.1, 0.15) is 32.0 Å². The molecule has 2 amide bonds. The van der Waals surface area contributed by atoms with Gasteiger partial charge in [0.25, 0.3) is 0 Å². The van der Waals surface area contributed by atoms with Crippen molar-refractivity contribution in [2.75, 3.05) is 0 Å². The summed E-state index contributed by atoms with van der Waals surface area (Å²) in [5, 5.41) is 18.3. The number of carboxylic acid groups (broad SMARTS) is 1. The molecule has 0 fully saturated rings. The van der Waals surface area contributed by atoms with Crippen LogP contribution in [0.5, 0.6) is 0 Å². The first kappa shape index (κ1) is 16.0. The van der Waals surface area contributed by atoms with E-state index in [1.54, 1.807) is 31.6 Å². The molecule has 0 bridgehead atoms. The Morgan fingerprint density at radius 1 is 1.45 bits per heavy atom. The Balaban J connectivity index is 2.59. The molecule has 1 aromatic heterocycles. The minimum atomic E-state index is -1.05. The molecule has 0 aliphatic heterocycles. The number of nitrogens with zero attached hydrogens (tertiary/aromatic N) is 2. The van der Waals surface area contributed by atoms with Crippen LogP contribution < -0.4 is 10.6 Å². The van der Waals surface area contributed by atoms with Gasteiger partial charge in [-0.25, -0.2) is 9.59 Å². The van der Waals surface area contributed by atoms with Crippen molar-refractivity contribution in [3.63, 3.8) is 0 Å². The van der Waals surface area contributed by atoms with E-state index in [1.807, 2.05) is 14.0 Å². The molecule has 1 atom stereocenters. The average Bonchev–Trinajstić information content (AvgIpc) is 2.62. The summed E-state index contributed by atoms with van der Waals surface area (Å²) in [6.45, 7) is 7.49. The van der Waals surface area contributed by atoms with Crippen LogP contribution in [0.15, 0.2) is 6.20 Å². The van der Waals surface area contributed by atoms with Crippen molar-refractivity contribution in [3.8, 4) is 0 Å². The zero-order valence-corrected chi connectivity index (χ0v) is 12.5. The van der Waals surface area contributed by atoms with Gasteiger partial charge in [0.15, 0.2) is 0 Å². The highest BCUT2D eigenvalue weighted by atomic mass is 16.4. The average molecular weight is 282 g/mol. The monoisotopic (exact) mass is 282 g/mol. The molecule has 0 aliphatic carbocycles. The Morgan fingerprint density at radius 2 is 2.05 bits per heavy atom. The Bertz CT molecular complexity index is 502. The maximum Gasteiger partial charge on any atom is 0.326 e. The van der Waals surface area contributed by atoms with Crippen molar-refractivity contribution < 1.29 is 14.7 Å². The van der Waals surface area contributed by atoms with Gasteiger partial charge >= 0.3 is 12.0 Å². The van der Waals surface area contributed by atoms with Crippen LogP contribution in [-0.2, 0) is 18.4 Å². The SMILES string of the molecule is Cc1c(CNC(=O)NC(C(=O)O)C(C)(C)C)cnn1C. The van der Waals surface area contributed by atoms with Gasteiger partial charge in [0.1, 0.15) is 6.04 Å². The smallest absolute Gasteiger partial charge is 0.326 e. The van der Waals surface area contributed by atoms with Gasteiger partial charge in [0.2, 0.25) is 0 Å². The summed E-state index contributed by atoms with van der Waals surface area (Å²) in [5.41, 5.74) is 1.29. The van der Waals surface area contributed by atoms with Gasteiger partial charge in [-0.2, -0.15) is 5.10 Å². The molecule has 1 rings (SSSR count). The summed E-state index contributed by atoms with van der Waals surface area (Å²) >= 11 is 0. The van der Waals surface area contributed by atoms with Crippen molar-refractivity contribution in [3.05, 3.63) is 17.5 Å². The Hall–Kier alpha value is -2.05. The number of urea groups is 1.